The molecule has 0 spiro atoms. The molecule has 0 radical (unpaired) electrons. The number of unbranched alkanes of at least 4 members (excludes halogenated alkanes) is 1. The van der Waals surface area contributed by atoms with Gasteiger partial charge in [0.1, 0.15) is 0 Å². The molecule has 0 aliphatic carbocycles. The van der Waals surface area contributed by atoms with Crippen LogP contribution in [0.2, 0.25) is 0 Å². The summed E-state index contributed by atoms with van der Waals surface area (Å²) in [4.78, 5) is 15.5. The molecule has 1 aromatic heterocycles. The van der Waals surface area contributed by atoms with Crippen LogP contribution in [0.15, 0.2) is 24.4 Å². The number of pyridine rings is 1. The minimum Gasteiger partial charge on any atom is -0.356 e. The quantitative estimate of drug-likeness (QED) is 0.562. The first-order valence-electron chi connectivity index (χ1n) is 5.60. The van der Waals surface area contributed by atoms with Crippen LogP contribution >= 0.6 is 12.6 Å². The van der Waals surface area contributed by atoms with Crippen LogP contribution in [0, 0.1) is 0 Å². The Morgan fingerprint density at radius 1 is 1.38 bits per heavy atom. The van der Waals surface area contributed by atoms with Crippen LogP contribution < -0.4 is 5.32 Å². The van der Waals surface area contributed by atoms with E-state index in [4.69, 9.17) is 0 Å². The molecule has 1 rings (SSSR count). The minimum absolute atomic E-state index is 0.123. The number of carbonyl (C=O) groups is 1. The van der Waals surface area contributed by atoms with Gasteiger partial charge >= 0.3 is 0 Å². The Balaban J connectivity index is 2.09. The molecule has 0 bridgehead atoms. The van der Waals surface area contributed by atoms with E-state index in [0.29, 0.717) is 13.0 Å². The molecule has 0 saturated carbocycles. The van der Waals surface area contributed by atoms with Crippen LogP contribution in [-0.4, -0.2) is 23.2 Å². The van der Waals surface area contributed by atoms with Gasteiger partial charge < -0.3 is 5.32 Å². The van der Waals surface area contributed by atoms with Crippen molar-refractivity contribution in [1.29, 1.82) is 0 Å². The van der Waals surface area contributed by atoms with Crippen molar-refractivity contribution in [2.75, 3.05) is 12.3 Å². The van der Waals surface area contributed by atoms with E-state index in [-0.39, 0.29) is 5.91 Å². The van der Waals surface area contributed by atoms with Gasteiger partial charge in [-0.15, -0.1) is 0 Å². The summed E-state index contributed by atoms with van der Waals surface area (Å²) in [7, 11) is 0. The van der Waals surface area contributed by atoms with Crippen molar-refractivity contribution in [3.63, 3.8) is 0 Å². The lowest BCUT2D eigenvalue weighted by Crippen LogP contribution is -2.25. The molecule has 88 valence electrons. The summed E-state index contributed by atoms with van der Waals surface area (Å²) in [6, 6.07) is 5.81. The second-order valence-electron chi connectivity index (χ2n) is 3.60. The number of hydrogen-bond acceptors (Lipinski definition) is 3. The highest BCUT2D eigenvalue weighted by Crippen LogP contribution is 1.97. The molecule has 1 N–H and O–H groups in total. The van der Waals surface area contributed by atoms with Crippen molar-refractivity contribution >= 4 is 18.5 Å². The molecular weight excluding hydrogens is 220 g/mol. The molecule has 1 amide bonds. The first-order valence-corrected chi connectivity index (χ1v) is 6.23. The van der Waals surface area contributed by atoms with Crippen LogP contribution in [0.25, 0.3) is 0 Å². The molecule has 1 heterocycles. The van der Waals surface area contributed by atoms with E-state index in [1.54, 1.807) is 6.20 Å². The lowest BCUT2D eigenvalue weighted by Gasteiger charge is -2.04. The highest BCUT2D eigenvalue weighted by molar-refractivity contribution is 7.80. The molecule has 0 aliphatic rings. The van der Waals surface area contributed by atoms with Gasteiger partial charge in [0.15, 0.2) is 0 Å². The minimum atomic E-state index is 0.123. The highest BCUT2D eigenvalue weighted by atomic mass is 32.1. The van der Waals surface area contributed by atoms with Crippen molar-refractivity contribution in [1.82, 2.24) is 10.3 Å². The first kappa shape index (κ1) is 13.0. The smallest absolute Gasteiger partial charge is 0.220 e. The normalized spacial score (nSPS) is 10.1. The largest absolute Gasteiger partial charge is 0.356 e. The van der Waals surface area contributed by atoms with Gasteiger partial charge in [-0.3, -0.25) is 9.78 Å². The molecule has 16 heavy (non-hydrogen) atoms. The lowest BCUT2D eigenvalue weighted by atomic mass is 10.2. The van der Waals surface area contributed by atoms with E-state index in [2.05, 4.69) is 22.9 Å². The van der Waals surface area contributed by atoms with Crippen molar-refractivity contribution in [2.45, 2.75) is 25.7 Å². The number of hydrogen-bond donors (Lipinski definition) is 2. The Morgan fingerprint density at radius 3 is 2.94 bits per heavy atom. The Bertz CT molecular complexity index is 303. The molecule has 3 nitrogen and oxygen atoms in total. The molecule has 4 heteroatoms. The van der Waals surface area contributed by atoms with Crippen molar-refractivity contribution in [3.8, 4) is 0 Å². The van der Waals surface area contributed by atoms with Crippen LogP contribution in [0.1, 0.15) is 25.0 Å². The molecule has 0 saturated heterocycles. The average Bonchev–Trinajstić information content (AvgIpc) is 2.31. The fourth-order valence-corrected chi connectivity index (χ4v) is 1.59. The Kier molecular flexibility index (Phi) is 6.65. The highest BCUT2D eigenvalue weighted by Gasteiger charge is 2.00. The Labute approximate surface area is 102 Å². The molecular formula is C12H18N2OS. The third kappa shape index (κ3) is 5.75. The van der Waals surface area contributed by atoms with E-state index in [1.807, 2.05) is 18.2 Å². The number of thiol groups is 1. The monoisotopic (exact) mass is 238 g/mol. The maximum absolute atomic E-state index is 11.4. The molecule has 0 fully saturated rings. The second-order valence-corrected chi connectivity index (χ2v) is 4.05. The van der Waals surface area contributed by atoms with Crippen LogP contribution in [0.4, 0.5) is 0 Å². The SMILES string of the molecule is O=C(CCCCS)NCCc1ccccn1. The van der Waals surface area contributed by atoms with Gasteiger partial charge in [0, 0.05) is 31.3 Å². The maximum atomic E-state index is 11.4. The molecule has 0 aromatic carbocycles. The zero-order chi connectivity index (χ0) is 11.6. The summed E-state index contributed by atoms with van der Waals surface area (Å²) in [6.45, 7) is 0.663. The zero-order valence-electron chi connectivity index (χ0n) is 9.35. The number of rotatable bonds is 7. The maximum Gasteiger partial charge on any atom is 0.220 e. The number of nitrogens with zero attached hydrogens (tertiary/aromatic N) is 1. The lowest BCUT2D eigenvalue weighted by molar-refractivity contribution is -0.121. The third-order valence-electron chi connectivity index (χ3n) is 2.24. The molecule has 0 atom stereocenters. The fourth-order valence-electron chi connectivity index (χ4n) is 1.36. The summed E-state index contributed by atoms with van der Waals surface area (Å²) in [5.41, 5.74) is 1.01. The van der Waals surface area contributed by atoms with Gasteiger partial charge in [-0.1, -0.05) is 6.07 Å². The van der Waals surface area contributed by atoms with Crippen LogP contribution in [0.3, 0.4) is 0 Å². The van der Waals surface area contributed by atoms with Gasteiger partial charge in [0.25, 0.3) is 0 Å². The first-order chi connectivity index (χ1) is 7.83. The fraction of sp³-hybridized carbons (Fsp3) is 0.500. The number of carbonyl (C=O) groups excluding carboxylic acids is 1. The molecule has 0 unspecified atom stereocenters. The summed E-state index contributed by atoms with van der Waals surface area (Å²) < 4.78 is 0. The number of nitrogens with one attached hydrogen (secondary N) is 1. The van der Waals surface area contributed by atoms with E-state index in [1.165, 1.54) is 0 Å². The van der Waals surface area contributed by atoms with E-state index in [0.717, 1.165) is 30.7 Å². The predicted octanol–water partition coefficient (Wildman–Crippen LogP) is 1.84. The Morgan fingerprint density at radius 2 is 2.25 bits per heavy atom. The molecule has 0 aliphatic heterocycles. The van der Waals surface area contributed by atoms with Crippen LogP contribution in [0.5, 0.6) is 0 Å². The van der Waals surface area contributed by atoms with E-state index in [9.17, 15) is 4.79 Å². The van der Waals surface area contributed by atoms with Crippen molar-refractivity contribution < 1.29 is 4.79 Å². The third-order valence-corrected chi connectivity index (χ3v) is 2.56. The van der Waals surface area contributed by atoms with Crippen molar-refractivity contribution in [3.05, 3.63) is 30.1 Å². The predicted molar refractivity (Wildman–Crippen MR) is 68.7 cm³/mol. The second kappa shape index (κ2) is 8.16. The summed E-state index contributed by atoms with van der Waals surface area (Å²) in [5, 5.41) is 2.89. The Hall–Kier alpha value is -1.03. The van der Waals surface area contributed by atoms with Gasteiger partial charge in [-0.25, -0.2) is 0 Å². The van der Waals surface area contributed by atoms with Gasteiger partial charge in [-0.05, 0) is 30.7 Å². The van der Waals surface area contributed by atoms with E-state index >= 15 is 0 Å². The zero-order valence-corrected chi connectivity index (χ0v) is 10.2. The number of aromatic nitrogens is 1. The van der Waals surface area contributed by atoms with Crippen molar-refractivity contribution in [2.24, 2.45) is 0 Å². The van der Waals surface area contributed by atoms with Gasteiger partial charge in [0.2, 0.25) is 5.91 Å². The molecule has 1 aromatic rings. The van der Waals surface area contributed by atoms with Gasteiger partial charge in [-0.2, -0.15) is 12.6 Å². The van der Waals surface area contributed by atoms with Gasteiger partial charge in [0.05, 0.1) is 0 Å². The topological polar surface area (TPSA) is 42.0 Å². The standard InChI is InChI=1S/C12H18N2OS/c15-12(6-2-4-10-16)14-9-7-11-5-1-3-8-13-11/h1,3,5,8,16H,2,4,6-7,9-10H2,(H,14,15). The van der Waals surface area contributed by atoms with E-state index < -0.39 is 0 Å². The summed E-state index contributed by atoms with van der Waals surface area (Å²) >= 11 is 4.10. The average molecular weight is 238 g/mol. The van der Waals surface area contributed by atoms with Crippen LogP contribution in [-0.2, 0) is 11.2 Å². The summed E-state index contributed by atoms with van der Waals surface area (Å²) in [5.74, 6) is 0.971. The summed E-state index contributed by atoms with van der Waals surface area (Å²) in [6.07, 6.45) is 5.07. The number of amides is 1.